The molecule has 0 aromatic heterocycles. The number of nitrogens with zero attached hydrogens (tertiary/aromatic N) is 1. The molecule has 0 saturated carbocycles. The standard InChI is InChI=1S/C17H19NO5S2/c1-10(2)8-18-16(21)14(25-17(18)24)7-11-4-5-12(13(6-11)22-3)23-9-15(19)20/h4-7,10H,8-9H2,1-3H3,(H,19,20)/b14-7-. The second-order valence-electron chi connectivity index (χ2n) is 5.78. The summed E-state index contributed by atoms with van der Waals surface area (Å²) >= 11 is 6.55. The van der Waals surface area contributed by atoms with E-state index in [-0.39, 0.29) is 5.91 Å². The Morgan fingerprint density at radius 3 is 2.72 bits per heavy atom. The summed E-state index contributed by atoms with van der Waals surface area (Å²) in [6.45, 7) is 4.20. The summed E-state index contributed by atoms with van der Waals surface area (Å²) in [7, 11) is 1.47. The number of carboxylic acid groups (broad SMARTS) is 1. The van der Waals surface area contributed by atoms with Gasteiger partial charge in [0.2, 0.25) is 0 Å². The summed E-state index contributed by atoms with van der Waals surface area (Å²) in [5.74, 6) is -0.122. The highest BCUT2D eigenvalue weighted by Crippen LogP contribution is 2.35. The van der Waals surface area contributed by atoms with Crippen LogP contribution in [0.3, 0.4) is 0 Å². The normalized spacial score (nSPS) is 16.0. The third kappa shape index (κ3) is 4.96. The number of hydrogen-bond donors (Lipinski definition) is 1. The number of amides is 1. The number of carbonyl (C=O) groups excluding carboxylic acids is 1. The number of methoxy groups -OCH3 is 1. The van der Waals surface area contributed by atoms with E-state index < -0.39 is 12.6 Å². The second kappa shape index (κ2) is 8.35. The summed E-state index contributed by atoms with van der Waals surface area (Å²) in [5, 5.41) is 8.69. The number of thioether (sulfide) groups is 1. The fourth-order valence-electron chi connectivity index (χ4n) is 2.21. The molecular weight excluding hydrogens is 362 g/mol. The van der Waals surface area contributed by atoms with Crippen molar-refractivity contribution in [2.24, 2.45) is 5.92 Å². The van der Waals surface area contributed by atoms with Crippen LogP contribution in [-0.4, -0.2) is 46.5 Å². The molecule has 0 spiro atoms. The Morgan fingerprint density at radius 2 is 2.12 bits per heavy atom. The zero-order valence-electron chi connectivity index (χ0n) is 14.1. The van der Waals surface area contributed by atoms with Crippen LogP contribution in [0.25, 0.3) is 6.08 Å². The molecule has 1 N–H and O–H groups in total. The first-order chi connectivity index (χ1) is 11.8. The molecule has 0 bridgehead atoms. The van der Waals surface area contributed by atoms with Gasteiger partial charge in [-0.15, -0.1) is 0 Å². The zero-order valence-corrected chi connectivity index (χ0v) is 15.8. The third-order valence-electron chi connectivity index (χ3n) is 3.26. The van der Waals surface area contributed by atoms with Gasteiger partial charge in [-0.05, 0) is 29.7 Å². The maximum absolute atomic E-state index is 12.5. The fraction of sp³-hybridized carbons (Fsp3) is 0.353. The van der Waals surface area contributed by atoms with Crippen LogP contribution in [0.2, 0.25) is 0 Å². The van der Waals surface area contributed by atoms with Crippen LogP contribution < -0.4 is 9.47 Å². The first kappa shape index (κ1) is 19.3. The van der Waals surface area contributed by atoms with Crippen molar-refractivity contribution in [3.05, 3.63) is 28.7 Å². The molecule has 1 aliphatic rings. The average molecular weight is 381 g/mol. The van der Waals surface area contributed by atoms with Gasteiger partial charge in [-0.25, -0.2) is 4.79 Å². The lowest BCUT2D eigenvalue weighted by atomic mass is 10.1. The lowest BCUT2D eigenvalue weighted by Gasteiger charge is -2.16. The molecule has 0 unspecified atom stereocenters. The maximum atomic E-state index is 12.5. The third-order valence-corrected chi connectivity index (χ3v) is 4.64. The molecule has 1 amide bonds. The number of carboxylic acids is 1. The molecule has 0 radical (unpaired) electrons. The van der Waals surface area contributed by atoms with E-state index in [1.165, 1.54) is 18.9 Å². The lowest BCUT2D eigenvalue weighted by molar-refractivity contribution is -0.139. The van der Waals surface area contributed by atoms with Gasteiger partial charge < -0.3 is 14.6 Å². The van der Waals surface area contributed by atoms with Gasteiger partial charge in [0.15, 0.2) is 18.1 Å². The summed E-state index contributed by atoms with van der Waals surface area (Å²) in [4.78, 5) is 25.3. The monoisotopic (exact) mass is 381 g/mol. The molecule has 134 valence electrons. The Morgan fingerprint density at radius 1 is 1.40 bits per heavy atom. The largest absolute Gasteiger partial charge is 0.493 e. The van der Waals surface area contributed by atoms with Gasteiger partial charge in [-0.3, -0.25) is 9.69 Å². The molecule has 1 heterocycles. The summed E-state index contributed by atoms with van der Waals surface area (Å²) < 4.78 is 11.0. The Hall–Kier alpha value is -2.06. The van der Waals surface area contributed by atoms with Gasteiger partial charge in [-0.2, -0.15) is 0 Å². The topological polar surface area (TPSA) is 76.1 Å². The van der Waals surface area contributed by atoms with Crippen LogP contribution in [0.5, 0.6) is 11.5 Å². The number of ether oxygens (including phenoxy) is 2. The lowest BCUT2D eigenvalue weighted by Crippen LogP contribution is -2.31. The predicted molar refractivity (Wildman–Crippen MR) is 101 cm³/mol. The number of carbonyl (C=O) groups is 2. The quantitative estimate of drug-likeness (QED) is 0.575. The SMILES string of the molecule is COc1cc(/C=C2\SC(=S)N(CC(C)C)C2=O)ccc1OCC(=O)O. The molecule has 1 aliphatic heterocycles. The maximum Gasteiger partial charge on any atom is 0.341 e. The van der Waals surface area contributed by atoms with E-state index in [9.17, 15) is 9.59 Å². The highest BCUT2D eigenvalue weighted by Gasteiger charge is 2.32. The van der Waals surface area contributed by atoms with Crippen molar-refractivity contribution in [2.45, 2.75) is 13.8 Å². The van der Waals surface area contributed by atoms with E-state index in [1.807, 2.05) is 13.8 Å². The fourth-order valence-corrected chi connectivity index (χ4v) is 3.48. The van der Waals surface area contributed by atoms with E-state index in [0.717, 1.165) is 5.56 Å². The van der Waals surface area contributed by atoms with Crippen molar-refractivity contribution in [3.63, 3.8) is 0 Å². The molecule has 0 atom stereocenters. The van der Waals surface area contributed by atoms with Crippen LogP contribution >= 0.6 is 24.0 Å². The van der Waals surface area contributed by atoms with Gasteiger partial charge in [0.05, 0.1) is 12.0 Å². The zero-order chi connectivity index (χ0) is 18.6. The van der Waals surface area contributed by atoms with Crippen molar-refractivity contribution in [2.75, 3.05) is 20.3 Å². The van der Waals surface area contributed by atoms with Gasteiger partial charge in [0.1, 0.15) is 4.32 Å². The Kier molecular flexibility index (Phi) is 6.44. The van der Waals surface area contributed by atoms with Gasteiger partial charge in [0, 0.05) is 6.54 Å². The highest BCUT2D eigenvalue weighted by atomic mass is 32.2. The summed E-state index contributed by atoms with van der Waals surface area (Å²) in [5.41, 5.74) is 0.740. The molecule has 25 heavy (non-hydrogen) atoms. The summed E-state index contributed by atoms with van der Waals surface area (Å²) in [6, 6.07) is 5.03. The highest BCUT2D eigenvalue weighted by molar-refractivity contribution is 8.26. The van der Waals surface area contributed by atoms with E-state index in [4.69, 9.17) is 26.8 Å². The van der Waals surface area contributed by atoms with E-state index in [1.54, 1.807) is 29.2 Å². The van der Waals surface area contributed by atoms with Gasteiger partial charge in [-0.1, -0.05) is 43.9 Å². The molecule has 2 rings (SSSR count). The molecular formula is C17H19NO5S2. The van der Waals surface area contributed by atoms with Crippen LogP contribution in [0, 0.1) is 5.92 Å². The predicted octanol–water partition coefficient (Wildman–Crippen LogP) is 3.02. The van der Waals surface area contributed by atoms with Gasteiger partial charge in [0.25, 0.3) is 5.91 Å². The van der Waals surface area contributed by atoms with Crippen LogP contribution in [0.15, 0.2) is 23.1 Å². The number of benzene rings is 1. The molecule has 6 nitrogen and oxygen atoms in total. The molecule has 1 saturated heterocycles. The minimum absolute atomic E-state index is 0.103. The second-order valence-corrected chi connectivity index (χ2v) is 7.45. The van der Waals surface area contributed by atoms with Crippen molar-refractivity contribution < 1.29 is 24.2 Å². The molecule has 1 fully saturated rings. The number of rotatable bonds is 7. The first-order valence-electron chi connectivity index (χ1n) is 7.59. The summed E-state index contributed by atoms with van der Waals surface area (Å²) in [6.07, 6.45) is 1.74. The molecule has 1 aromatic rings. The minimum atomic E-state index is -1.07. The Bertz CT molecular complexity index is 730. The van der Waals surface area contributed by atoms with E-state index in [0.29, 0.717) is 33.2 Å². The van der Waals surface area contributed by atoms with Crippen molar-refractivity contribution in [1.82, 2.24) is 4.90 Å². The molecule has 1 aromatic carbocycles. The number of thiocarbonyl (C=S) groups is 1. The van der Waals surface area contributed by atoms with E-state index >= 15 is 0 Å². The Balaban J connectivity index is 2.22. The minimum Gasteiger partial charge on any atom is -0.493 e. The average Bonchev–Trinajstić information content (AvgIpc) is 2.80. The Labute approximate surface area is 155 Å². The van der Waals surface area contributed by atoms with Crippen LogP contribution in [0.4, 0.5) is 0 Å². The first-order valence-corrected chi connectivity index (χ1v) is 8.82. The van der Waals surface area contributed by atoms with Crippen molar-refractivity contribution in [1.29, 1.82) is 0 Å². The molecule has 8 heteroatoms. The van der Waals surface area contributed by atoms with Crippen LogP contribution in [-0.2, 0) is 9.59 Å². The van der Waals surface area contributed by atoms with Crippen LogP contribution in [0.1, 0.15) is 19.4 Å². The van der Waals surface area contributed by atoms with Gasteiger partial charge >= 0.3 is 5.97 Å². The smallest absolute Gasteiger partial charge is 0.341 e. The number of hydrogen-bond acceptors (Lipinski definition) is 6. The molecule has 0 aliphatic carbocycles. The van der Waals surface area contributed by atoms with Crippen molar-refractivity contribution >= 4 is 46.3 Å². The van der Waals surface area contributed by atoms with Crippen molar-refractivity contribution in [3.8, 4) is 11.5 Å². The van der Waals surface area contributed by atoms with E-state index in [2.05, 4.69) is 0 Å². The number of aliphatic carboxylic acids is 1.